The summed E-state index contributed by atoms with van der Waals surface area (Å²) in [7, 11) is -1.24. The third-order valence-electron chi connectivity index (χ3n) is 5.04. The van der Waals surface area contributed by atoms with Gasteiger partial charge in [-0.2, -0.15) is 4.72 Å². The van der Waals surface area contributed by atoms with Gasteiger partial charge < -0.3 is 15.2 Å². The van der Waals surface area contributed by atoms with Crippen molar-refractivity contribution in [3.05, 3.63) is 59.6 Å². The number of methoxy groups -OCH3 is 2. The quantitative estimate of drug-likeness (QED) is 0.397. The second kappa shape index (κ2) is 8.73. The SMILES string of the molecule is COC(=O)C(Cc1cc2c(N)nccc2s1)NS(=O)(=O)c1ccc2ccc(OC)cc2c1. The Morgan fingerprint density at radius 2 is 1.91 bits per heavy atom. The maximum atomic E-state index is 13.1. The number of aromatic nitrogens is 1. The first-order chi connectivity index (χ1) is 15.3. The van der Waals surface area contributed by atoms with Crippen LogP contribution in [0.3, 0.4) is 0 Å². The second-order valence-corrected chi connectivity index (χ2v) is 9.98. The topological polar surface area (TPSA) is 121 Å². The molecule has 32 heavy (non-hydrogen) atoms. The number of anilines is 1. The summed E-state index contributed by atoms with van der Waals surface area (Å²) in [5.41, 5.74) is 5.91. The van der Waals surface area contributed by atoms with Gasteiger partial charge in [-0.05, 0) is 47.2 Å². The number of nitrogens with zero attached hydrogens (tertiary/aromatic N) is 1. The minimum Gasteiger partial charge on any atom is -0.497 e. The van der Waals surface area contributed by atoms with Gasteiger partial charge in [0, 0.05) is 27.6 Å². The van der Waals surface area contributed by atoms with Crippen LogP contribution >= 0.6 is 11.3 Å². The van der Waals surface area contributed by atoms with Crippen LogP contribution in [0.4, 0.5) is 5.82 Å². The highest BCUT2D eigenvalue weighted by Gasteiger charge is 2.28. The Morgan fingerprint density at radius 1 is 1.12 bits per heavy atom. The Labute approximate surface area is 189 Å². The maximum Gasteiger partial charge on any atom is 0.324 e. The Bertz CT molecular complexity index is 1420. The minimum absolute atomic E-state index is 0.0388. The van der Waals surface area contributed by atoms with E-state index in [2.05, 4.69) is 9.71 Å². The van der Waals surface area contributed by atoms with E-state index in [0.717, 1.165) is 20.3 Å². The number of hydrogen-bond acceptors (Lipinski definition) is 8. The first kappa shape index (κ1) is 22.0. The summed E-state index contributed by atoms with van der Waals surface area (Å²) in [4.78, 5) is 17.3. The summed E-state index contributed by atoms with van der Waals surface area (Å²) in [6.45, 7) is 0. The van der Waals surface area contributed by atoms with Crippen LogP contribution in [0.1, 0.15) is 4.88 Å². The number of sulfonamides is 1. The molecule has 1 unspecified atom stereocenters. The number of carbonyl (C=O) groups is 1. The van der Waals surface area contributed by atoms with Gasteiger partial charge in [-0.25, -0.2) is 13.4 Å². The Hall–Kier alpha value is -3.21. The number of fused-ring (bicyclic) bond motifs is 2. The number of esters is 1. The number of ether oxygens (including phenoxy) is 2. The summed E-state index contributed by atoms with van der Waals surface area (Å²) in [6.07, 6.45) is 1.72. The molecule has 2 aromatic heterocycles. The highest BCUT2D eigenvalue weighted by Crippen LogP contribution is 2.30. The standard InChI is InChI=1S/C22H21N3O5S2/c1-29-15-5-3-13-4-6-17(10-14(13)9-15)32(27,28)25-19(22(26)30-2)12-16-11-18-20(31-16)7-8-24-21(18)23/h3-11,19,25H,12H2,1-2H3,(H2,23,24). The average molecular weight is 472 g/mol. The first-order valence-electron chi connectivity index (χ1n) is 9.61. The lowest BCUT2D eigenvalue weighted by atomic mass is 10.1. The molecule has 2 heterocycles. The summed E-state index contributed by atoms with van der Waals surface area (Å²) < 4.78 is 39.7. The normalized spacial score (nSPS) is 12.7. The zero-order valence-corrected chi connectivity index (χ0v) is 19.0. The first-order valence-corrected chi connectivity index (χ1v) is 11.9. The third kappa shape index (κ3) is 4.38. The molecular formula is C22H21N3O5S2. The fourth-order valence-corrected chi connectivity index (χ4v) is 5.74. The van der Waals surface area contributed by atoms with E-state index in [1.165, 1.54) is 24.5 Å². The van der Waals surface area contributed by atoms with Gasteiger partial charge in [0.1, 0.15) is 17.6 Å². The molecule has 0 aliphatic heterocycles. The van der Waals surface area contributed by atoms with Crippen molar-refractivity contribution in [2.75, 3.05) is 20.0 Å². The van der Waals surface area contributed by atoms with Gasteiger partial charge >= 0.3 is 5.97 Å². The van der Waals surface area contributed by atoms with Crippen LogP contribution in [0.25, 0.3) is 20.9 Å². The molecule has 0 bridgehead atoms. The van der Waals surface area contributed by atoms with Crippen LogP contribution in [-0.2, 0) is 26.0 Å². The monoisotopic (exact) mass is 471 g/mol. The van der Waals surface area contributed by atoms with Crippen molar-refractivity contribution in [2.24, 2.45) is 0 Å². The average Bonchev–Trinajstić information content (AvgIpc) is 3.21. The lowest BCUT2D eigenvalue weighted by Crippen LogP contribution is -2.42. The van der Waals surface area contributed by atoms with E-state index in [9.17, 15) is 13.2 Å². The third-order valence-corrected chi connectivity index (χ3v) is 7.64. The van der Waals surface area contributed by atoms with Gasteiger partial charge in [0.05, 0.1) is 19.1 Å². The van der Waals surface area contributed by atoms with Crippen LogP contribution in [0.5, 0.6) is 5.75 Å². The highest BCUT2D eigenvalue weighted by molar-refractivity contribution is 7.89. The van der Waals surface area contributed by atoms with E-state index >= 15 is 0 Å². The summed E-state index contributed by atoms with van der Waals surface area (Å²) >= 11 is 1.42. The Kier molecular flexibility index (Phi) is 6.00. The number of hydrogen-bond donors (Lipinski definition) is 2. The second-order valence-electron chi connectivity index (χ2n) is 7.10. The molecule has 0 amide bonds. The molecule has 0 fully saturated rings. The van der Waals surface area contributed by atoms with E-state index in [-0.39, 0.29) is 11.3 Å². The van der Waals surface area contributed by atoms with Crippen LogP contribution in [-0.4, -0.2) is 39.6 Å². The van der Waals surface area contributed by atoms with Crippen molar-refractivity contribution in [3.8, 4) is 5.75 Å². The van der Waals surface area contributed by atoms with Crippen LogP contribution < -0.4 is 15.2 Å². The summed E-state index contributed by atoms with van der Waals surface area (Å²) in [5.74, 6) is 0.317. The number of rotatable bonds is 7. The molecule has 0 saturated heterocycles. The summed E-state index contributed by atoms with van der Waals surface area (Å²) in [6, 6.07) is 12.7. The molecule has 2 aromatic carbocycles. The number of thiophene rings is 1. The van der Waals surface area contributed by atoms with E-state index in [1.54, 1.807) is 37.6 Å². The van der Waals surface area contributed by atoms with Gasteiger partial charge in [0.2, 0.25) is 10.0 Å². The lowest BCUT2D eigenvalue weighted by Gasteiger charge is -2.16. The number of benzene rings is 2. The van der Waals surface area contributed by atoms with E-state index < -0.39 is 22.0 Å². The number of pyridine rings is 1. The van der Waals surface area contributed by atoms with Crippen LogP contribution in [0.15, 0.2) is 59.6 Å². The number of nitrogen functional groups attached to an aromatic ring is 1. The molecule has 166 valence electrons. The van der Waals surface area contributed by atoms with E-state index in [1.807, 2.05) is 18.2 Å². The van der Waals surface area contributed by atoms with Crippen molar-refractivity contribution < 1.29 is 22.7 Å². The number of nitrogens with one attached hydrogen (secondary N) is 1. The van der Waals surface area contributed by atoms with Gasteiger partial charge in [0.15, 0.2) is 0 Å². The molecule has 0 radical (unpaired) electrons. The Balaban J connectivity index is 1.64. The molecule has 0 aliphatic rings. The predicted octanol–water partition coefficient (Wildman–Crippen LogP) is 3.10. The van der Waals surface area contributed by atoms with Crippen molar-refractivity contribution in [1.29, 1.82) is 0 Å². The fraction of sp³-hybridized carbons (Fsp3) is 0.182. The maximum absolute atomic E-state index is 13.1. The van der Waals surface area contributed by atoms with Crippen molar-refractivity contribution in [1.82, 2.24) is 9.71 Å². The molecule has 0 aliphatic carbocycles. The van der Waals surface area contributed by atoms with Crippen molar-refractivity contribution in [2.45, 2.75) is 17.4 Å². The minimum atomic E-state index is -4.01. The molecule has 4 rings (SSSR count). The molecule has 1 atom stereocenters. The fourth-order valence-electron chi connectivity index (χ4n) is 3.41. The van der Waals surface area contributed by atoms with Gasteiger partial charge in [-0.3, -0.25) is 4.79 Å². The molecular weight excluding hydrogens is 450 g/mol. The molecule has 10 heteroatoms. The largest absolute Gasteiger partial charge is 0.497 e. The molecule has 0 spiro atoms. The van der Waals surface area contributed by atoms with E-state index in [0.29, 0.717) is 17.0 Å². The van der Waals surface area contributed by atoms with E-state index in [4.69, 9.17) is 15.2 Å². The van der Waals surface area contributed by atoms with Gasteiger partial charge in [-0.15, -0.1) is 11.3 Å². The smallest absolute Gasteiger partial charge is 0.324 e. The van der Waals surface area contributed by atoms with Gasteiger partial charge in [0.25, 0.3) is 0 Å². The van der Waals surface area contributed by atoms with Crippen molar-refractivity contribution >= 4 is 54.0 Å². The van der Waals surface area contributed by atoms with Gasteiger partial charge in [-0.1, -0.05) is 12.1 Å². The Morgan fingerprint density at radius 3 is 2.62 bits per heavy atom. The van der Waals surface area contributed by atoms with Crippen LogP contribution in [0.2, 0.25) is 0 Å². The molecule has 8 nitrogen and oxygen atoms in total. The predicted molar refractivity (Wildman–Crippen MR) is 124 cm³/mol. The molecule has 4 aromatic rings. The van der Waals surface area contributed by atoms with Crippen LogP contribution in [0, 0.1) is 0 Å². The van der Waals surface area contributed by atoms with Crippen molar-refractivity contribution in [3.63, 3.8) is 0 Å². The summed E-state index contributed by atoms with van der Waals surface area (Å²) in [5, 5.41) is 2.34. The lowest BCUT2D eigenvalue weighted by molar-refractivity contribution is -0.142. The zero-order valence-electron chi connectivity index (χ0n) is 17.4. The highest BCUT2D eigenvalue weighted by atomic mass is 32.2. The zero-order chi connectivity index (χ0) is 22.9. The molecule has 0 saturated carbocycles. The number of carbonyl (C=O) groups excluding carboxylic acids is 1. The number of nitrogens with two attached hydrogens (primary N) is 1. The molecule has 3 N–H and O–H groups in total.